The Bertz CT molecular complexity index is 352. The molecule has 0 rings (SSSR count). The SMILES string of the molecule is CC(C)OCCCNC(=O)CNC(C)(C)C(C)(C)C(=O)O. The van der Waals surface area contributed by atoms with Gasteiger partial charge in [0, 0.05) is 18.7 Å². The minimum absolute atomic E-state index is 0.0920. The van der Waals surface area contributed by atoms with Crippen LogP contribution in [0.1, 0.15) is 48.0 Å². The summed E-state index contributed by atoms with van der Waals surface area (Å²) in [6.45, 7) is 12.0. The van der Waals surface area contributed by atoms with E-state index in [1.54, 1.807) is 27.7 Å². The van der Waals surface area contributed by atoms with E-state index < -0.39 is 16.9 Å². The van der Waals surface area contributed by atoms with Crippen molar-refractivity contribution in [2.45, 2.75) is 59.6 Å². The molecule has 0 atom stereocenters. The van der Waals surface area contributed by atoms with Crippen molar-refractivity contribution in [2.24, 2.45) is 5.41 Å². The van der Waals surface area contributed by atoms with E-state index in [0.29, 0.717) is 13.2 Å². The molecule has 3 N–H and O–H groups in total. The highest BCUT2D eigenvalue weighted by Crippen LogP contribution is 2.30. The van der Waals surface area contributed by atoms with Crippen LogP contribution in [0.4, 0.5) is 0 Å². The Balaban J connectivity index is 4.05. The molecule has 0 unspecified atom stereocenters. The van der Waals surface area contributed by atoms with E-state index in [4.69, 9.17) is 4.74 Å². The zero-order chi connectivity index (χ0) is 16.7. The number of nitrogens with one attached hydrogen (secondary N) is 2. The predicted octanol–water partition coefficient (Wildman–Crippen LogP) is 1.40. The third-order valence-electron chi connectivity index (χ3n) is 3.88. The van der Waals surface area contributed by atoms with Crippen molar-refractivity contribution in [3.8, 4) is 0 Å². The van der Waals surface area contributed by atoms with Gasteiger partial charge in [0.2, 0.25) is 5.91 Å². The lowest BCUT2D eigenvalue weighted by atomic mass is 9.74. The van der Waals surface area contributed by atoms with E-state index in [-0.39, 0.29) is 18.6 Å². The van der Waals surface area contributed by atoms with E-state index >= 15 is 0 Å². The molecular formula is C15H30N2O4. The second kappa shape index (κ2) is 8.34. The smallest absolute Gasteiger partial charge is 0.310 e. The van der Waals surface area contributed by atoms with Crippen LogP contribution in [0, 0.1) is 5.41 Å². The van der Waals surface area contributed by atoms with Crippen molar-refractivity contribution in [3.63, 3.8) is 0 Å². The third-order valence-corrected chi connectivity index (χ3v) is 3.88. The fourth-order valence-corrected chi connectivity index (χ4v) is 1.47. The molecule has 6 nitrogen and oxygen atoms in total. The number of carboxylic acid groups (broad SMARTS) is 1. The Hall–Kier alpha value is -1.14. The third kappa shape index (κ3) is 6.91. The number of rotatable bonds is 10. The van der Waals surface area contributed by atoms with Crippen molar-refractivity contribution >= 4 is 11.9 Å². The van der Waals surface area contributed by atoms with Crippen molar-refractivity contribution in [1.82, 2.24) is 10.6 Å². The Labute approximate surface area is 127 Å². The van der Waals surface area contributed by atoms with Crippen molar-refractivity contribution in [1.29, 1.82) is 0 Å². The van der Waals surface area contributed by atoms with Gasteiger partial charge in [0.15, 0.2) is 0 Å². The van der Waals surface area contributed by atoms with Gasteiger partial charge in [-0.2, -0.15) is 0 Å². The van der Waals surface area contributed by atoms with E-state index in [1.807, 2.05) is 13.8 Å². The predicted molar refractivity (Wildman–Crippen MR) is 82.2 cm³/mol. The lowest BCUT2D eigenvalue weighted by molar-refractivity contribution is -0.151. The maximum absolute atomic E-state index is 11.7. The Kier molecular flexibility index (Phi) is 7.89. The molecular weight excluding hydrogens is 272 g/mol. The van der Waals surface area contributed by atoms with Crippen LogP contribution < -0.4 is 10.6 Å². The number of carbonyl (C=O) groups is 2. The van der Waals surface area contributed by atoms with E-state index in [1.165, 1.54) is 0 Å². The fourth-order valence-electron chi connectivity index (χ4n) is 1.47. The van der Waals surface area contributed by atoms with Crippen LogP contribution in [0.5, 0.6) is 0 Å². The Morgan fingerprint density at radius 2 is 1.76 bits per heavy atom. The Morgan fingerprint density at radius 1 is 1.19 bits per heavy atom. The second-order valence-corrected chi connectivity index (χ2v) is 6.53. The van der Waals surface area contributed by atoms with Gasteiger partial charge < -0.3 is 20.5 Å². The molecule has 0 aliphatic carbocycles. The minimum atomic E-state index is -0.974. The highest BCUT2D eigenvalue weighted by atomic mass is 16.5. The molecule has 0 spiro atoms. The zero-order valence-corrected chi connectivity index (χ0v) is 14.1. The first-order chi connectivity index (χ1) is 9.50. The van der Waals surface area contributed by atoms with Gasteiger partial charge >= 0.3 is 5.97 Å². The average Bonchev–Trinajstić information content (AvgIpc) is 2.35. The van der Waals surface area contributed by atoms with E-state index in [0.717, 1.165) is 6.42 Å². The summed E-state index contributed by atoms with van der Waals surface area (Å²) in [5.41, 5.74) is -1.67. The van der Waals surface area contributed by atoms with Crippen LogP contribution in [-0.2, 0) is 14.3 Å². The van der Waals surface area contributed by atoms with Crippen LogP contribution in [0.3, 0.4) is 0 Å². The van der Waals surface area contributed by atoms with Crippen molar-refractivity contribution in [3.05, 3.63) is 0 Å². The maximum atomic E-state index is 11.7. The number of carbonyl (C=O) groups excluding carboxylic acids is 1. The molecule has 0 heterocycles. The maximum Gasteiger partial charge on any atom is 0.310 e. The first-order valence-corrected chi connectivity index (χ1v) is 7.37. The van der Waals surface area contributed by atoms with Gasteiger partial charge in [-0.25, -0.2) is 0 Å². The summed E-state index contributed by atoms with van der Waals surface area (Å²) in [7, 11) is 0. The molecule has 0 aliphatic heterocycles. The summed E-state index contributed by atoms with van der Waals surface area (Å²) >= 11 is 0. The topological polar surface area (TPSA) is 87.7 Å². The van der Waals surface area contributed by atoms with Gasteiger partial charge in [-0.3, -0.25) is 9.59 Å². The van der Waals surface area contributed by atoms with E-state index in [2.05, 4.69) is 10.6 Å². The number of ether oxygens (including phenoxy) is 1. The normalized spacial score (nSPS) is 12.5. The molecule has 0 aliphatic rings. The van der Waals surface area contributed by atoms with Gasteiger partial charge in [0.05, 0.1) is 18.1 Å². The highest BCUT2D eigenvalue weighted by Gasteiger charge is 2.43. The average molecular weight is 302 g/mol. The number of amides is 1. The molecule has 21 heavy (non-hydrogen) atoms. The molecule has 0 aromatic rings. The van der Waals surface area contributed by atoms with Crippen molar-refractivity contribution < 1.29 is 19.4 Å². The molecule has 0 fully saturated rings. The quantitative estimate of drug-likeness (QED) is 0.531. The van der Waals surface area contributed by atoms with Crippen LogP contribution in [0.2, 0.25) is 0 Å². The summed E-state index contributed by atoms with van der Waals surface area (Å²) < 4.78 is 5.38. The highest BCUT2D eigenvalue weighted by molar-refractivity contribution is 5.79. The van der Waals surface area contributed by atoms with Gasteiger partial charge in [-0.05, 0) is 48.0 Å². The zero-order valence-electron chi connectivity index (χ0n) is 14.1. The van der Waals surface area contributed by atoms with Crippen LogP contribution in [0.15, 0.2) is 0 Å². The first-order valence-electron chi connectivity index (χ1n) is 7.37. The molecule has 0 bridgehead atoms. The van der Waals surface area contributed by atoms with Gasteiger partial charge in [0.1, 0.15) is 0 Å². The Morgan fingerprint density at radius 3 is 2.24 bits per heavy atom. The molecule has 6 heteroatoms. The lowest BCUT2D eigenvalue weighted by Gasteiger charge is -2.38. The number of aliphatic carboxylic acids is 1. The standard InChI is InChI=1S/C15H30N2O4/c1-11(2)21-9-7-8-16-12(18)10-17-15(5,6)14(3,4)13(19)20/h11,17H,7-10H2,1-6H3,(H,16,18)(H,19,20). The molecule has 1 amide bonds. The van der Waals surface area contributed by atoms with Gasteiger partial charge in [-0.1, -0.05) is 0 Å². The molecule has 124 valence electrons. The minimum Gasteiger partial charge on any atom is -0.481 e. The molecule has 0 radical (unpaired) electrons. The molecule has 0 saturated heterocycles. The van der Waals surface area contributed by atoms with Gasteiger partial charge in [-0.15, -0.1) is 0 Å². The first kappa shape index (κ1) is 19.9. The number of hydrogen-bond acceptors (Lipinski definition) is 4. The van der Waals surface area contributed by atoms with E-state index in [9.17, 15) is 14.7 Å². The second-order valence-electron chi connectivity index (χ2n) is 6.53. The summed E-state index contributed by atoms with van der Waals surface area (Å²) in [5, 5.41) is 15.0. The van der Waals surface area contributed by atoms with Crippen LogP contribution >= 0.6 is 0 Å². The van der Waals surface area contributed by atoms with Crippen LogP contribution in [-0.4, -0.2) is 48.3 Å². The number of hydrogen-bond donors (Lipinski definition) is 3. The largest absolute Gasteiger partial charge is 0.481 e. The summed E-state index contributed by atoms with van der Waals surface area (Å²) in [4.78, 5) is 23.0. The summed E-state index contributed by atoms with van der Waals surface area (Å²) in [6.07, 6.45) is 0.954. The molecule has 0 aromatic carbocycles. The summed E-state index contributed by atoms with van der Waals surface area (Å²) in [5.74, 6) is -1.04. The summed E-state index contributed by atoms with van der Waals surface area (Å²) in [6, 6.07) is 0. The molecule has 0 aromatic heterocycles. The lowest BCUT2D eigenvalue weighted by Crippen LogP contribution is -2.57. The number of carboxylic acids is 1. The monoisotopic (exact) mass is 302 g/mol. The van der Waals surface area contributed by atoms with Gasteiger partial charge in [0.25, 0.3) is 0 Å². The molecule has 0 saturated carbocycles. The van der Waals surface area contributed by atoms with Crippen molar-refractivity contribution in [2.75, 3.05) is 19.7 Å². The fraction of sp³-hybridized carbons (Fsp3) is 0.867. The van der Waals surface area contributed by atoms with Crippen LogP contribution in [0.25, 0.3) is 0 Å².